The highest BCUT2D eigenvalue weighted by Gasteiger charge is 2.24. The molecule has 0 aromatic heterocycles. The van der Waals surface area contributed by atoms with E-state index in [0.29, 0.717) is 6.42 Å². The van der Waals surface area contributed by atoms with E-state index < -0.39 is 15.0 Å². The molecular weight excluding hydrogens is 347 g/mol. The number of halogens is 3. The summed E-state index contributed by atoms with van der Waals surface area (Å²) in [5.74, 6) is -0.765. The highest BCUT2D eigenvalue weighted by molar-refractivity contribution is 8.13. The van der Waals surface area contributed by atoms with Crippen LogP contribution in [0.4, 0.5) is 0 Å². The lowest BCUT2D eigenvalue weighted by Gasteiger charge is -2.09. The SMILES string of the molecule is CCCCCOC(=O)c1c(Cl)ccc(S(=O)(=O)Cl)c1Cl. The predicted molar refractivity (Wildman–Crippen MR) is 79.3 cm³/mol. The first-order valence-electron chi connectivity index (χ1n) is 5.88. The van der Waals surface area contributed by atoms with Gasteiger partial charge in [0, 0.05) is 10.7 Å². The molecule has 0 amide bonds. The summed E-state index contributed by atoms with van der Waals surface area (Å²) in [7, 11) is 1.17. The van der Waals surface area contributed by atoms with Crippen LogP contribution in [0.1, 0.15) is 36.5 Å². The van der Waals surface area contributed by atoms with E-state index in [9.17, 15) is 13.2 Å². The van der Waals surface area contributed by atoms with Crippen LogP contribution in [0.15, 0.2) is 17.0 Å². The quantitative estimate of drug-likeness (QED) is 0.432. The number of carbonyl (C=O) groups excluding carboxylic acids is 1. The van der Waals surface area contributed by atoms with Gasteiger partial charge in [-0.25, -0.2) is 13.2 Å². The predicted octanol–water partition coefficient (Wildman–Crippen LogP) is 4.27. The number of hydrogen-bond donors (Lipinski definition) is 0. The summed E-state index contributed by atoms with van der Waals surface area (Å²) in [6.07, 6.45) is 2.62. The van der Waals surface area contributed by atoms with Gasteiger partial charge in [0.05, 0.1) is 22.2 Å². The zero-order valence-electron chi connectivity index (χ0n) is 10.7. The smallest absolute Gasteiger partial charge is 0.341 e. The van der Waals surface area contributed by atoms with E-state index in [1.54, 1.807) is 0 Å². The Hall–Kier alpha value is -0.490. The van der Waals surface area contributed by atoms with E-state index in [1.807, 2.05) is 6.92 Å². The number of ether oxygens (including phenoxy) is 1. The van der Waals surface area contributed by atoms with E-state index in [2.05, 4.69) is 0 Å². The number of esters is 1. The lowest BCUT2D eigenvalue weighted by molar-refractivity contribution is 0.0498. The van der Waals surface area contributed by atoms with Crippen molar-refractivity contribution in [2.45, 2.75) is 31.1 Å². The normalized spacial score (nSPS) is 11.4. The fourth-order valence-corrected chi connectivity index (χ4v) is 3.38. The summed E-state index contributed by atoms with van der Waals surface area (Å²) in [5.41, 5.74) is -0.188. The Morgan fingerprint density at radius 1 is 1.25 bits per heavy atom. The van der Waals surface area contributed by atoms with Crippen molar-refractivity contribution < 1.29 is 17.9 Å². The van der Waals surface area contributed by atoms with Crippen LogP contribution in [0, 0.1) is 0 Å². The van der Waals surface area contributed by atoms with Gasteiger partial charge in [-0.1, -0.05) is 43.0 Å². The molecule has 0 radical (unpaired) electrons. The summed E-state index contributed by atoms with van der Waals surface area (Å²) in [6.45, 7) is 2.24. The Kier molecular flexibility index (Phi) is 6.58. The summed E-state index contributed by atoms with van der Waals surface area (Å²) < 4.78 is 27.7. The van der Waals surface area contributed by atoms with Gasteiger partial charge in [0.25, 0.3) is 9.05 Å². The minimum atomic E-state index is -4.06. The fourth-order valence-electron chi connectivity index (χ4n) is 1.50. The van der Waals surface area contributed by atoms with E-state index >= 15 is 0 Å². The molecule has 0 atom stereocenters. The molecule has 8 heteroatoms. The Bertz CT molecular complexity index is 599. The van der Waals surface area contributed by atoms with Crippen molar-refractivity contribution in [2.75, 3.05) is 6.61 Å². The second-order valence-electron chi connectivity index (χ2n) is 4.02. The average molecular weight is 360 g/mol. The maximum absolute atomic E-state index is 11.9. The van der Waals surface area contributed by atoms with E-state index in [4.69, 9.17) is 38.6 Å². The molecule has 0 aliphatic heterocycles. The zero-order chi connectivity index (χ0) is 15.3. The first kappa shape index (κ1) is 17.6. The maximum atomic E-state index is 11.9. The molecule has 1 aromatic rings. The van der Waals surface area contributed by atoms with Gasteiger partial charge < -0.3 is 4.74 Å². The summed E-state index contributed by atoms with van der Waals surface area (Å²) in [5, 5.41) is -0.312. The second-order valence-corrected chi connectivity index (χ2v) is 7.33. The minimum Gasteiger partial charge on any atom is -0.462 e. The highest BCUT2D eigenvalue weighted by Crippen LogP contribution is 2.33. The maximum Gasteiger partial charge on any atom is 0.341 e. The monoisotopic (exact) mass is 358 g/mol. The van der Waals surface area contributed by atoms with Gasteiger partial charge in [-0.2, -0.15) is 0 Å². The average Bonchev–Trinajstić information content (AvgIpc) is 2.33. The molecule has 0 spiro atoms. The van der Waals surface area contributed by atoms with Crippen LogP contribution in [-0.4, -0.2) is 21.0 Å². The largest absolute Gasteiger partial charge is 0.462 e. The lowest BCUT2D eigenvalue weighted by atomic mass is 10.2. The van der Waals surface area contributed by atoms with Gasteiger partial charge in [-0.05, 0) is 18.6 Å². The van der Waals surface area contributed by atoms with Crippen LogP contribution in [0.2, 0.25) is 10.0 Å². The molecule has 0 aliphatic carbocycles. The molecule has 20 heavy (non-hydrogen) atoms. The van der Waals surface area contributed by atoms with Crippen molar-refractivity contribution >= 4 is 48.9 Å². The van der Waals surface area contributed by atoms with Crippen molar-refractivity contribution in [2.24, 2.45) is 0 Å². The van der Waals surface area contributed by atoms with Crippen LogP contribution in [-0.2, 0) is 13.8 Å². The summed E-state index contributed by atoms with van der Waals surface area (Å²) in [6, 6.07) is 2.38. The molecular formula is C12H13Cl3O4S. The number of carbonyl (C=O) groups is 1. The molecule has 0 saturated carbocycles. The van der Waals surface area contributed by atoms with Crippen LogP contribution in [0.5, 0.6) is 0 Å². The Morgan fingerprint density at radius 2 is 1.90 bits per heavy atom. The third-order valence-electron chi connectivity index (χ3n) is 2.50. The molecule has 112 valence electrons. The van der Waals surface area contributed by atoms with Crippen molar-refractivity contribution in [3.63, 3.8) is 0 Å². The Labute approximate surface area is 132 Å². The van der Waals surface area contributed by atoms with Crippen molar-refractivity contribution in [3.05, 3.63) is 27.7 Å². The van der Waals surface area contributed by atoms with Crippen LogP contribution >= 0.6 is 33.9 Å². The molecule has 1 aromatic carbocycles. The molecule has 0 saturated heterocycles. The first-order valence-corrected chi connectivity index (χ1v) is 8.95. The van der Waals surface area contributed by atoms with E-state index in [-0.39, 0.29) is 27.1 Å². The summed E-state index contributed by atoms with van der Waals surface area (Å²) in [4.78, 5) is 11.5. The zero-order valence-corrected chi connectivity index (χ0v) is 13.7. The molecule has 0 bridgehead atoms. The van der Waals surface area contributed by atoms with Crippen molar-refractivity contribution in [1.29, 1.82) is 0 Å². The van der Waals surface area contributed by atoms with Gasteiger partial charge in [-0.15, -0.1) is 0 Å². The van der Waals surface area contributed by atoms with Gasteiger partial charge in [-0.3, -0.25) is 0 Å². The van der Waals surface area contributed by atoms with E-state index in [0.717, 1.165) is 18.9 Å². The summed E-state index contributed by atoms with van der Waals surface area (Å²) >= 11 is 11.7. The molecule has 0 fully saturated rings. The van der Waals surface area contributed by atoms with Crippen LogP contribution in [0.25, 0.3) is 0 Å². The molecule has 0 unspecified atom stereocenters. The third kappa shape index (κ3) is 4.52. The first-order chi connectivity index (χ1) is 9.29. The van der Waals surface area contributed by atoms with Crippen molar-refractivity contribution in [1.82, 2.24) is 0 Å². The van der Waals surface area contributed by atoms with E-state index in [1.165, 1.54) is 6.07 Å². The van der Waals surface area contributed by atoms with Gasteiger partial charge in [0.1, 0.15) is 4.90 Å². The fraction of sp³-hybridized carbons (Fsp3) is 0.417. The number of benzene rings is 1. The number of rotatable bonds is 6. The number of unbranched alkanes of at least 4 members (excludes halogenated alkanes) is 2. The van der Waals surface area contributed by atoms with Crippen molar-refractivity contribution in [3.8, 4) is 0 Å². The van der Waals surface area contributed by atoms with Crippen LogP contribution < -0.4 is 0 Å². The Morgan fingerprint density at radius 3 is 2.45 bits per heavy atom. The van der Waals surface area contributed by atoms with Crippen LogP contribution in [0.3, 0.4) is 0 Å². The van der Waals surface area contributed by atoms with Gasteiger partial charge in [0.2, 0.25) is 0 Å². The topological polar surface area (TPSA) is 60.4 Å². The standard InChI is InChI=1S/C12H13Cl3O4S/c1-2-3-4-7-19-12(16)10-8(13)5-6-9(11(10)14)20(15,17)18/h5-6H,2-4,7H2,1H3. The molecule has 0 aliphatic rings. The lowest BCUT2D eigenvalue weighted by Crippen LogP contribution is -2.09. The molecule has 0 N–H and O–H groups in total. The Balaban J connectivity index is 3.03. The minimum absolute atomic E-state index is 0.0135. The highest BCUT2D eigenvalue weighted by atomic mass is 35.7. The molecule has 1 rings (SSSR count). The van der Waals surface area contributed by atoms with Gasteiger partial charge >= 0.3 is 5.97 Å². The second kappa shape index (κ2) is 7.50. The number of hydrogen-bond acceptors (Lipinski definition) is 4. The third-order valence-corrected chi connectivity index (χ3v) is 4.69. The molecule has 0 heterocycles. The molecule has 4 nitrogen and oxygen atoms in total. The van der Waals surface area contributed by atoms with Gasteiger partial charge in [0.15, 0.2) is 0 Å².